The summed E-state index contributed by atoms with van der Waals surface area (Å²) >= 11 is 0. The Kier molecular flexibility index (Phi) is 5.11. The van der Waals surface area contributed by atoms with Gasteiger partial charge < -0.3 is 9.80 Å². The minimum Gasteiger partial charge on any atom is -0.376 e. The van der Waals surface area contributed by atoms with Crippen LogP contribution in [0, 0.1) is 5.92 Å². The zero-order chi connectivity index (χ0) is 13.0. The molecule has 0 aromatic rings. The Labute approximate surface area is 113 Å². The molecule has 0 bridgehead atoms. The number of allylic oxidation sites excluding steroid dienone is 1. The molecule has 1 atom stereocenters. The second-order valence-electron chi connectivity index (χ2n) is 6.34. The maximum absolute atomic E-state index is 4.05. The van der Waals surface area contributed by atoms with Crippen LogP contribution in [0.4, 0.5) is 0 Å². The molecule has 0 amide bonds. The van der Waals surface area contributed by atoms with E-state index in [2.05, 4.69) is 30.2 Å². The molecule has 2 aliphatic rings. The van der Waals surface area contributed by atoms with Gasteiger partial charge in [0.25, 0.3) is 0 Å². The van der Waals surface area contributed by atoms with Crippen molar-refractivity contribution < 1.29 is 0 Å². The van der Waals surface area contributed by atoms with Crippen LogP contribution in [0.5, 0.6) is 0 Å². The average molecular weight is 250 g/mol. The Morgan fingerprint density at radius 1 is 1.17 bits per heavy atom. The molecule has 0 saturated carbocycles. The summed E-state index contributed by atoms with van der Waals surface area (Å²) in [5, 5.41) is 0. The van der Waals surface area contributed by atoms with E-state index in [1.54, 1.807) is 0 Å². The van der Waals surface area contributed by atoms with Gasteiger partial charge in [-0.1, -0.05) is 6.58 Å². The van der Waals surface area contributed by atoms with Crippen molar-refractivity contribution in [3.8, 4) is 0 Å². The van der Waals surface area contributed by atoms with Crippen molar-refractivity contribution in [2.24, 2.45) is 5.92 Å². The van der Waals surface area contributed by atoms with E-state index >= 15 is 0 Å². The van der Waals surface area contributed by atoms with E-state index in [1.165, 1.54) is 70.4 Å². The van der Waals surface area contributed by atoms with Gasteiger partial charge >= 0.3 is 0 Å². The van der Waals surface area contributed by atoms with Crippen LogP contribution in [0.1, 0.15) is 52.4 Å². The van der Waals surface area contributed by atoms with Gasteiger partial charge in [0, 0.05) is 24.8 Å². The number of nitrogens with zero attached hydrogens (tertiary/aromatic N) is 2. The Balaban J connectivity index is 1.64. The molecule has 2 heterocycles. The molecule has 2 nitrogen and oxygen atoms in total. The highest BCUT2D eigenvalue weighted by molar-refractivity contribution is 4.91. The first-order chi connectivity index (χ1) is 8.66. The van der Waals surface area contributed by atoms with Crippen LogP contribution >= 0.6 is 0 Å². The third-order valence-corrected chi connectivity index (χ3v) is 4.91. The Morgan fingerprint density at radius 2 is 1.78 bits per heavy atom. The zero-order valence-corrected chi connectivity index (χ0v) is 12.3. The molecule has 0 N–H and O–H groups in total. The molecule has 0 spiro atoms. The first-order valence-electron chi connectivity index (χ1n) is 7.81. The monoisotopic (exact) mass is 250 g/mol. The molecular weight excluding hydrogens is 220 g/mol. The zero-order valence-electron chi connectivity index (χ0n) is 12.3. The third kappa shape index (κ3) is 3.74. The molecule has 2 fully saturated rings. The molecule has 2 rings (SSSR count). The van der Waals surface area contributed by atoms with Gasteiger partial charge in [0.2, 0.25) is 0 Å². The fourth-order valence-electron chi connectivity index (χ4n) is 3.45. The van der Waals surface area contributed by atoms with E-state index in [1.807, 2.05) is 0 Å². The summed E-state index contributed by atoms with van der Waals surface area (Å²) in [7, 11) is 0. The van der Waals surface area contributed by atoms with Crippen LogP contribution in [0.2, 0.25) is 0 Å². The number of hydrogen-bond donors (Lipinski definition) is 0. The van der Waals surface area contributed by atoms with Gasteiger partial charge in [-0.05, 0) is 71.4 Å². The van der Waals surface area contributed by atoms with E-state index < -0.39 is 0 Å². The Bertz CT molecular complexity index is 260. The van der Waals surface area contributed by atoms with Crippen molar-refractivity contribution in [2.45, 2.75) is 58.4 Å². The lowest BCUT2D eigenvalue weighted by atomic mass is 9.90. The first-order valence-corrected chi connectivity index (χ1v) is 7.81. The van der Waals surface area contributed by atoms with Crippen molar-refractivity contribution in [3.05, 3.63) is 12.3 Å². The van der Waals surface area contributed by atoms with Crippen molar-refractivity contribution >= 4 is 0 Å². The van der Waals surface area contributed by atoms with Gasteiger partial charge in [-0.2, -0.15) is 0 Å². The van der Waals surface area contributed by atoms with Gasteiger partial charge in [0.1, 0.15) is 0 Å². The standard InChI is InChI=1S/C16H30N2/c1-14(2)17-12-8-16(9-13-17)7-6-15(3)18-10-4-5-11-18/h15-16H,1,4-13H2,2-3H3. The quantitative estimate of drug-likeness (QED) is 0.737. The minimum atomic E-state index is 0.812. The smallest absolute Gasteiger partial charge is 0.0177 e. The summed E-state index contributed by atoms with van der Waals surface area (Å²) in [4.78, 5) is 5.13. The molecule has 0 aromatic carbocycles. The predicted octanol–water partition coefficient (Wildman–Crippen LogP) is 3.50. The summed E-state index contributed by atoms with van der Waals surface area (Å²) in [6, 6.07) is 0.812. The highest BCUT2D eigenvalue weighted by atomic mass is 15.2. The maximum Gasteiger partial charge on any atom is 0.0177 e. The molecule has 2 heteroatoms. The van der Waals surface area contributed by atoms with Gasteiger partial charge in [0.15, 0.2) is 0 Å². The number of likely N-dealkylation sites (tertiary alicyclic amines) is 2. The number of piperidine rings is 1. The molecule has 104 valence electrons. The summed E-state index contributed by atoms with van der Waals surface area (Å²) in [6.07, 6.45) is 8.42. The minimum absolute atomic E-state index is 0.812. The predicted molar refractivity (Wildman–Crippen MR) is 78.6 cm³/mol. The van der Waals surface area contributed by atoms with Crippen molar-refractivity contribution in [2.75, 3.05) is 26.2 Å². The molecule has 2 aliphatic heterocycles. The highest BCUT2D eigenvalue weighted by Gasteiger charge is 2.22. The lowest BCUT2D eigenvalue weighted by Gasteiger charge is -2.34. The van der Waals surface area contributed by atoms with Crippen LogP contribution in [0.15, 0.2) is 12.3 Å². The fourth-order valence-corrected chi connectivity index (χ4v) is 3.45. The van der Waals surface area contributed by atoms with Crippen LogP contribution in [-0.2, 0) is 0 Å². The first kappa shape index (κ1) is 13.9. The Hall–Kier alpha value is -0.500. The van der Waals surface area contributed by atoms with E-state index in [0.29, 0.717) is 0 Å². The SMILES string of the molecule is C=C(C)N1CCC(CCC(C)N2CCCC2)CC1. The normalized spacial score (nSPS) is 24.4. The molecule has 1 unspecified atom stereocenters. The molecule has 0 aliphatic carbocycles. The molecule has 0 radical (unpaired) electrons. The highest BCUT2D eigenvalue weighted by Crippen LogP contribution is 2.25. The number of hydrogen-bond acceptors (Lipinski definition) is 2. The summed E-state index contributed by atoms with van der Waals surface area (Å²) in [5.74, 6) is 0.964. The second kappa shape index (κ2) is 6.60. The van der Waals surface area contributed by atoms with Gasteiger partial charge in [-0.25, -0.2) is 0 Å². The summed E-state index contributed by atoms with van der Waals surface area (Å²) in [5.41, 5.74) is 1.25. The van der Waals surface area contributed by atoms with E-state index in [-0.39, 0.29) is 0 Å². The molecule has 18 heavy (non-hydrogen) atoms. The summed E-state index contributed by atoms with van der Waals surface area (Å²) < 4.78 is 0. The lowest BCUT2D eigenvalue weighted by molar-refractivity contribution is 0.191. The number of rotatable bonds is 5. The molecule has 0 aromatic heterocycles. The fraction of sp³-hybridized carbons (Fsp3) is 0.875. The van der Waals surface area contributed by atoms with Crippen LogP contribution in [0.3, 0.4) is 0 Å². The van der Waals surface area contributed by atoms with Crippen molar-refractivity contribution in [1.82, 2.24) is 9.80 Å². The maximum atomic E-state index is 4.05. The van der Waals surface area contributed by atoms with Gasteiger partial charge in [0.05, 0.1) is 0 Å². The van der Waals surface area contributed by atoms with Gasteiger partial charge in [-0.15, -0.1) is 0 Å². The largest absolute Gasteiger partial charge is 0.376 e. The van der Waals surface area contributed by atoms with Crippen LogP contribution in [0.25, 0.3) is 0 Å². The van der Waals surface area contributed by atoms with Crippen molar-refractivity contribution in [3.63, 3.8) is 0 Å². The van der Waals surface area contributed by atoms with E-state index in [0.717, 1.165) is 12.0 Å². The molecule has 2 saturated heterocycles. The lowest BCUT2D eigenvalue weighted by Crippen LogP contribution is -2.34. The van der Waals surface area contributed by atoms with E-state index in [9.17, 15) is 0 Å². The Morgan fingerprint density at radius 3 is 2.33 bits per heavy atom. The third-order valence-electron chi connectivity index (χ3n) is 4.91. The second-order valence-corrected chi connectivity index (χ2v) is 6.34. The summed E-state index contributed by atoms with van der Waals surface area (Å²) in [6.45, 7) is 13.8. The van der Waals surface area contributed by atoms with Crippen LogP contribution in [-0.4, -0.2) is 42.0 Å². The van der Waals surface area contributed by atoms with E-state index in [4.69, 9.17) is 0 Å². The van der Waals surface area contributed by atoms with Crippen LogP contribution < -0.4 is 0 Å². The topological polar surface area (TPSA) is 6.48 Å². The molecular formula is C16H30N2. The van der Waals surface area contributed by atoms with Gasteiger partial charge in [-0.3, -0.25) is 0 Å². The van der Waals surface area contributed by atoms with Crippen molar-refractivity contribution in [1.29, 1.82) is 0 Å². The average Bonchev–Trinajstić information content (AvgIpc) is 2.90.